The third kappa shape index (κ3) is 4.98. The summed E-state index contributed by atoms with van der Waals surface area (Å²) in [6.45, 7) is 6.12. The van der Waals surface area contributed by atoms with Crippen molar-refractivity contribution >= 4 is 29.1 Å². The van der Waals surface area contributed by atoms with Gasteiger partial charge in [-0.1, -0.05) is 38.1 Å². The number of ether oxygens (including phenoxy) is 2. The number of carbonyl (C=O) groups is 3. The van der Waals surface area contributed by atoms with Crippen molar-refractivity contribution < 1.29 is 29.0 Å². The molecule has 1 saturated heterocycles. The number of hydrogen-bond acceptors (Lipinski definition) is 6. The number of methoxy groups -OCH3 is 1. The molecule has 3 aromatic rings. The number of rotatable bonds is 7. The fraction of sp³-hybridized carbons (Fsp3) is 0.233. The highest BCUT2D eigenvalue weighted by Gasteiger charge is 2.47. The van der Waals surface area contributed by atoms with E-state index >= 15 is 0 Å². The van der Waals surface area contributed by atoms with Crippen molar-refractivity contribution in [1.82, 2.24) is 0 Å². The first kappa shape index (κ1) is 25.7. The Hall–Kier alpha value is -4.39. The number of Topliss-reactive ketones (excluding diaryl/α,β-unsaturated/α-hetero) is 1. The molecule has 37 heavy (non-hydrogen) atoms. The van der Waals surface area contributed by atoms with E-state index in [2.05, 4.69) is 13.8 Å². The first-order chi connectivity index (χ1) is 17.8. The molecule has 1 fully saturated rings. The van der Waals surface area contributed by atoms with E-state index in [-0.39, 0.29) is 17.9 Å². The molecule has 0 bridgehead atoms. The van der Waals surface area contributed by atoms with Crippen molar-refractivity contribution in [1.29, 1.82) is 0 Å². The predicted octanol–water partition coefficient (Wildman–Crippen LogP) is 5.62. The maximum atomic E-state index is 13.4. The lowest BCUT2D eigenvalue weighted by Crippen LogP contribution is -2.29. The summed E-state index contributed by atoms with van der Waals surface area (Å²) >= 11 is 0. The summed E-state index contributed by atoms with van der Waals surface area (Å²) in [6.07, 6.45) is 0. The average Bonchev–Trinajstić information content (AvgIpc) is 3.18. The molecule has 4 rings (SSSR count). The van der Waals surface area contributed by atoms with E-state index in [1.54, 1.807) is 55.5 Å². The molecule has 1 aliphatic heterocycles. The molecule has 0 aliphatic carbocycles. The number of aliphatic hydroxyl groups is 1. The monoisotopic (exact) mass is 499 g/mol. The fourth-order valence-electron chi connectivity index (χ4n) is 4.35. The Morgan fingerprint density at radius 3 is 2.05 bits per heavy atom. The number of anilines is 1. The third-order valence-electron chi connectivity index (χ3n) is 6.38. The number of amides is 1. The Morgan fingerprint density at radius 1 is 0.919 bits per heavy atom. The average molecular weight is 500 g/mol. The van der Waals surface area contributed by atoms with Crippen LogP contribution < -0.4 is 9.64 Å². The summed E-state index contributed by atoms with van der Waals surface area (Å²) in [6, 6.07) is 19.7. The van der Waals surface area contributed by atoms with Crippen LogP contribution in [-0.4, -0.2) is 36.5 Å². The minimum atomic E-state index is -0.864. The van der Waals surface area contributed by atoms with Crippen molar-refractivity contribution in [2.75, 3.05) is 18.6 Å². The van der Waals surface area contributed by atoms with Gasteiger partial charge in [0.25, 0.3) is 11.7 Å². The van der Waals surface area contributed by atoms with E-state index in [9.17, 15) is 19.5 Å². The number of benzene rings is 3. The second-order valence-corrected chi connectivity index (χ2v) is 8.99. The second-order valence-electron chi connectivity index (χ2n) is 8.99. The molecule has 0 unspecified atom stereocenters. The van der Waals surface area contributed by atoms with Gasteiger partial charge in [0.15, 0.2) is 0 Å². The number of esters is 1. The van der Waals surface area contributed by atoms with E-state index in [0.717, 1.165) is 5.56 Å². The van der Waals surface area contributed by atoms with Crippen LogP contribution in [-0.2, 0) is 14.3 Å². The van der Waals surface area contributed by atoms with Gasteiger partial charge in [0, 0.05) is 11.3 Å². The van der Waals surface area contributed by atoms with Crippen LogP contribution in [0.5, 0.6) is 5.75 Å². The highest BCUT2D eigenvalue weighted by molar-refractivity contribution is 6.51. The molecule has 7 heteroatoms. The largest absolute Gasteiger partial charge is 0.507 e. The van der Waals surface area contributed by atoms with Crippen LogP contribution in [0.3, 0.4) is 0 Å². The molecule has 1 atom stereocenters. The van der Waals surface area contributed by atoms with Crippen LogP contribution in [0.1, 0.15) is 59.8 Å². The molecular formula is C30H29NO6. The standard InChI is InChI=1S/C30H29NO6/c1-5-37-30(35)22-10-14-23(15-11-22)31-26(20-8-6-19(7-9-20)18(2)3)25(28(33)29(31)34)27(32)21-12-16-24(36-4)17-13-21/h6-18,26,32H,5H2,1-4H3/t26-/m1/s1. The predicted molar refractivity (Wildman–Crippen MR) is 141 cm³/mol. The van der Waals surface area contributed by atoms with Gasteiger partial charge in [-0.05, 0) is 72.5 Å². The molecule has 1 N–H and O–H groups in total. The molecular weight excluding hydrogens is 470 g/mol. The summed E-state index contributed by atoms with van der Waals surface area (Å²) in [5.41, 5.74) is 2.91. The lowest BCUT2D eigenvalue weighted by atomic mass is 9.93. The highest BCUT2D eigenvalue weighted by Crippen LogP contribution is 2.42. The first-order valence-corrected chi connectivity index (χ1v) is 12.1. The summed E-state index contributed by atoms with van der Waals surface area (Å²) in [5, 5.41) is 11.3. The normalized spacial score (nSPS) is 16.8. The van der Waals surface area contributed by atoms with Gasteiger partial charge in [0.1, 0.15) is 11.5 Å². The zero-order valence-electron chi connectivity index (χ0n) is 21.2. The molecule has 3 aromatic carbocycles. The van der Waals surface area contributed by atoms with E-state index in [4.69, 9.17) is 9.47 Å². The number of aliphatic hydroxyl groups excluding tert-OH is 1. The van der Waals surface area contributed by atoms with E-state index in [1.165, 1.54) is 12.0 Å². The molecule has 0 aromatic heterocycles. The zero-order valence-corrected chi connectivity index (χ0v) is 21.2. The summed E-state index contributed by atoms with van der Waals surface area (Å²) in [4.78, 5) is 40.2. The first-order valence-electron chi connectivity index (χ1n) is 12.1. The molecule has 1 heterocycles. The minimum absolute atomic E-state index is 0.0121. The quantitative estimate of drug-likeness (QED) is 0.196. The fourth-order valence-corrected chi connectivity index (χ4v) is 4.35. The van der Waals surface area contributed by atoms with Gasteiger partial charge in [-0.15, -0.1) is 0 Å². The van der Waals surface area contributed by atoms with Crippen LogP contribution in [0.25, 0.3) is 5.76 Å². The Morgan fingerprint density at radius 2 is 1.51 bits per heavy atom. The molecule has 1 amide bonds. The van der Waals surface area contributed by atoms with Gasteiger partial charge in [-0.3, -0.25) is 14.5 Å². The van der Waals surface area contributed by atoms with Gasteiger partial charge >= 0.3 is 5.97 Å². The van der Waals surface area contributed by atoms with E-state index in [0.29, 0.717) is 34.0 Å². The van der Waals surface area contributed by atoms with Crippen molar-refractivity contribution in [3.05, 3.63) is 101 Å². The van der Waals surface area contributed by atoms with E-state index < -0.39 is 23.7 Å². The number of ketones is 1. The Kier molecular flexibility index (Phi) is 7.43. The maximum Gasteiger partial charge on any atom is 0.338 e. The molecule has 1 aliphatic rings. The lowest BCUT2D eigenvalue weighted by molar-refractivity contribution is -0.132. The van der Waals surface area contributed by atoms with Gasteiger partial charge in [-0.25, -0.2) is 4.79 Å². The van der Waals surface area contributed by atoms with Gasteiger partial charge < -0.3 is 14.6 Å². The van der Waals surface area contributed by atoms with Crippen LogP contribution in [0.15, 0.2) is 78.4 Å². The lowest BCUT2D eigenvalue weighted by Gasteiger charge is -2.26. The number of hydrogen-bond donors (Lipinski definition) is 1. The highest BCUT2D eigenvalue weighted by atomic mass is 16.5. The summed E-state index contributed by atoms with van der Waals surface area (Å²) in [7, 11) is 1.54. The van der Waals surface area contributed by atoms with Crippen LogP contribution in [0.4, 0.5) is 5.69 Å². The van der Waals surface area contributed by atoms with Crippen LogP contribution >= 0.6 is 0 Å². The van der Waals surface area contributed by atoms with Gasteiger partial charge in [0.2, 0.25) is 0 Å². The Balaban J connectivity index is 1.85. The van der Waals surface area contributed by atoms with Crippen molar-refractivity contribution in [3.8, 4) is 5.75 Å². The second kappa shape index (κ2) is 10.7. The van der Waals surface area contributed by atoms with Crippen molar-refractivity contribution in [2.45, 2.75) is 32.7 Å². The van der Waals surface area contributed by atoms with E-state index in [1.807, 2.05) is 24.3 Å². The van der Waals surface area contributed by atoms with Gasteiger partial charge in [-0.2, -0.15) is 0 Å². The minimum Gasteiger partial charge on any atom is -0.507 e. The third-order valence-corrected chi connectivity index (χ3v) is 6.38. The molecule has 0 saturated carbocycles. The molecule has 0 spiro atoms. The smallest absolute Gasteiger partial charge is 0.338 e. The number of carbonyl (C=O) groups excluding carboxylic acids is 3. The topological polar surface area (TPSA) is 93.1 Å². The Bertz CT molecular complexity index is 1340. The van der Waals surface area contributed by atoms with Crippen LogP contribution in [0.2, 0.25) is 0 Å². The van der Waals surface area contributed by atoms with Crippen LogP contribution in [0, 0.1) is 0 Å². The maximum absolute atomic E-state index is 13.4. The molecule has 190 valence electrons. The Labute approximate surface area is 215 Å². The molecule has 0 radical (unpaired) electrons. The zero-order chi connectivity index (χ0) is 26.7. The number of nitrogens with zero attached hydrogens (tertiary/aromatic N) is 1. The SMILES string of the molecule is CCOC(=O)c1ccc(N2C(=O)C(=O)C(=C(O)c3ccc(OC)cc3)[C@H]2c2ccc(C(C)C)cc2)cc1. The summed E-state index contributed by atoms with van der Waals surface area (Å²) < 4.78 is 10.2. The van der Waals surface area contributed by atoms with Crippen molar-refractivity contribution in [3.63, 3.8) is 0 Å². The van der Waals surface area contributed by atoms with Gasteiger partial charge in [0.05, 0.1) is 30.9 Å². The summed E-state index contributed by atoms with van der Waals surface area (Å²) in [5.74, 6) is -1.41. The van der Waals surface area contributed by atoms with Crippen molar-refractivity contribution in [2.24, 2.45) is 0 Å². The molecule has 7 nitrogen and oxygen atoms in total.